The van der Waals surface area contributed by atoms with Crippen molar-refractivity contribution in [2.45, 2.75) is 32.9 Å². The summed E-state index contributed by atoms with van der Waals surface area (Å²) in [5.41, 5.74) is 2.26. The van der Waals surface area contributed by atoms with Gasteiger partial charge in [-0.15, -0.1) is 0 Å². The summed E-state index contributed by atoms with van der Waals surface area (Å²) >= 11 is 0. The Hall–Kier alpha value is -1.62. The zero-order valence-electron chi connectivity index (χ0n) is 10.2. The van der Waals surface area contributed by atoms with Crippen LogP contribution in [0.2, 0.25) is 0 Å². The maximum atomic E-state index is 4.24. The van der Waals surface area contributed by atoms with E-state index in [1.165, 1.54) is 12.8 Å². The van der Waals surface area contributed by atoms with Gasteiger partial charge in [-0.3, -0.25) is 0 Å². The fourth-order valence-corrected chi connectivity index (χ4v) is 1.74. The van der Waals surface area contributed by atoms with Crippen LogP contribution >= 0.6 is 0 Å². The van der Waals surface area contributed by atoms with Crippen LogP contribution in [-0.2, 0) is 13.1 Å². The normalized spacial score (nSPS) is 10.9. The van der Waals surface area contributed by atoms with Crippen molar-refractivity contribution >= 4 is 0 Å². The number of hydrogen-bond acceptors (Lipinski definition) is 3. The molecular formula is C12H19N5. The van der Waals surface area contributed by atoms with Crippen LogP contribution in [0.15, 0.2) is 25.0 Å². The molecule has 2 rings (SSSR count). The van der Waals surface area contributed by atoms with Crippen molar-refractivity contribution in [3.63, 3.8) is 0 Å². The van der Waals surface area contributed by atoms with Crippen LogP contribution in [0.5, 0.6) is 0 Å². The molecule has 0 unspecified atom stereocenters. The highest BCUT2D eigenvalue weighted by Crippen LogP contribution is 1.99. The number of unbranched alkanes of at least 4 members (excludes halogenated alkanes) is 1. The minimum Gasteiger partial charge on any atom is -0.348 e. The molecule has 0 aliphatic carbocycles. The summed E-state index contributed by atoms with van der Waals surface area (Å²) < 4.78 is 2.11. The second-order valence-corrected chi connectivity index (χ2v) is 4.16. The Bertz CT molecular complexity index is 418. The molecule has 0 fully saturated rings. The van der Waals surface area contributed by atoms with Crippen molar-refractivity contribution in [3.8, 4) is 0 Å². The average molecular weight is 233 g/mol. The molecule has 2 N–H and O–H groups in total. The maximum Gasteiger partial charge on any atom is 0.0945 e. The second-order valence-electron chi connectivity index (χ2n) is 4.16. The van der Waals surface area contributed by atoms with Crippen LogP contribution in [0, 0.1) is 6.92 Å². The summed E-state index contributed by atoms with van der Waals surface area (Å²) in [4.78, 5) is 11.3. The topological polar surface area (TPSA) is 58.5 Å². The standard InChI is InChI=1S/C12H19N5/c1-11-12(16-9-15-11)8-13-4-2-3-6-17-7-5-14-10-17/h5,7,9-10,13H,2-4,6,8H2,1H3,(H,15,16). The van der Waals surface area contributed by atoms with E-state index in [0.29, 0.717) is 0 Å². The summed E-state index contributed by atoms with van der Waals surface area (Å²) in [5.74, 6) is 0. The molecule has 17 heavy (non-hydrogen) atoms. The van der Waals surface area contributed by atoms with Crippen LogP contribution in [0.4, 0.5) is 0 Å². The molecule has 92 valence electrons. The molecule has 2 aromatic heterocycles. The van der Waals surface area contributed by atoms with Crippen molar-refractivity contribution < 1.29 is 0 Å². The van der Waals surface area contributed by atoms with Gasteiger partial charge in [-0.1, -0.05) is 0 Å². The van der Waals surface area contributed by atoms with E-state index < -0.39 is 0 Å². The Balaban J connectivity index is 1.54. The van der Waals surface area contributed by atoms with E-state index in [2.05, 4.69) is 24.8 Å². The van der Waals surface area contributed by atoms with Crippen LogP contribution < -0.4 is 5.32 Å². The van der Waals surface area contributed by atoms with Crippen LogP contribution in [0.3, 0.4) is 0 Å². The van der Waals surface area contributed by atoms with Crippen molar-refractivity contribution in [1.29, 1.82) is 0 Å². The molecule has 2 aromatic rings. The van der Waals surface area contributed by atoms with Gasteiger partial charge in [0.2, 0.25) is 0 Å². The maximum absolute atomic E-state index is 4.24. The van der Waals surface area contributed by atoms with Gasteiger partial charge in [0.05, 0.1) is 18.3 Å². The first kappa shape index (κ1) is 11.9. The Morgan fingerprint density at radius 3 is 3.06 bits per heavy atom. The van der Waals surface area contributed by atoms with E-state index in [9.17, 15) is 0 Å². The van der Waals surface area contributed by atoms with Gasteiger partial charge < -0.3 is 14.9 Å². The molecule has 0 saturated heterocycles. The van der Waals surface area contributed by atoms with Crippen LogP contribution in [0.25, 0.3) is 0 Å². The predicted octanol–water partition coefficient (Wildman–Crippen LogP) is 1.48. The molecule has 0 radical (unpaired) electrons. The highest BCUT2D eigenvalue weighted by molar-refractivity contribution is 5.07. The number of aromatic amines is 1. The summed E-state index contributed by atoms with van der Waals surface area (Å²) in [5, 5.41) is 3.40. The van der Waals surface area contributed by atoms with E-state index in [4.69, 9.17) is 0 Å². The third kappa shape index (κ3) is 3.71. The first-order valence-corrected chi connectivity index (χ1v) is 6.01. The van der Waals surface area contributed by atoms with Crippen molar-refractivity contribution in [1.82, 2.24) is 24.8 Å². The zero-order valence-corrected chi connectivity index (χ0v) is 10.2. The number of nitrogens with zero attached hydrogens (tertiary/aromatic N) is 3. The number of imidazole rings is 2. The van der Waals surface area contributed by atoms with Crippen molar-refractivity contribution in [2.24, 2.45) is 0 Å². The van der Waals surface area contributed by atoms with E-state index in [1.807, 2.05) is 25.6 Å². The van der Waals surface area contributed by atoms with Gasteiger partial charge in [0.15, 0.2) is 0 Å². The summed E-state index contributed by atoms with van der Waals surface area (Å²) in [6.45, 7) is 4.97. The summed E-state index contributed by atoms with van der Waals surface area (Å²) in [7, 11) is 0. The van der Waals surface area contributed by atoms with Crippen molar-refractivity contribution in [3.05, 3.63) is 36.4 Å². The van der Waals surface area contributed by atoms with Crippen molar-refractivity contribution in [2.75, 3.05) is 6.54 Å². The molecule has 0 aromatic carbocycles. The molecule has 0 spiro atoms. The van der Waals surface area contributed by atoms with Gasteiger partial charge >= 0.3 is 0 Å². The number of H-pyrrole nitrogens is 1. The first-order valence-electron chi connectivity index (χ1n) is 6.01. The molecule has 0 amide bonds. The minimum atomic E-state index is 0.848. The van der Waals surface area contributed by atoms with Gasteiger partial charge in [-0.05, 0) is 26.3 Å². The molecule has 0 aliphatic rings. The van der Waals surface area contributed by atoms with Gasteiger partial charge in [0.25, 0.3) is 0 Å². The number of aryl methyl sites for hydroxylation is 2. The third-order valence-electron chi connectivity index (χ3n) is 2.81. The highest BCUT2D eigenvalue weighted by Gasteiger charge is 1.99. The van der Waals surface area contributed by atoms with Gasteiger partial charge in [-0.2, -0.15) is 0 Å². The van der Waals surface area contributed by atoms with Crippen LogP contribution in [0.1, 0.15) is 24.2 Å². The van der Waals surface area contributed by atoms with E-state index >= 15 is 0 Å². The molecule has 5 heteroatoms. The lowest BCUT2D eigenvalue weighted by molar-refractivity contribution is 0.565. The number of rotatable bonds is 7. The van der Waals surface area contributed by atoms with Gasteiger partial charge in [0, 0.05) is 31.2 Å². The minimum absolute atomic E-state index is 0.848. The Labute approximate surface area is 101 Å². The summed E-state index contributed by atoms with van der Waals surface area (Å²) in [6.07, 6.45) is 9.76. The zero-order chi connectivity index (χ0) is 11.9. The SMILES string of the molecule is Cc1[nH]cnc1CNCCCCn1ccnc1. The monoisotopic (exact) mass is 233 g/mol. The lowest BCUT2D eigenvalue weighted by Crippen LogP contribution is -2.16. The van der Waals surface area contributed by atoms with Gasteiger partial charge in [0.1, 0.15) is 0 Å². The Kier molecular flexibility index (Phi) is 4.32. The first-order chi connectivity index (χ1) is 8.36. The fraction of sp³-hybridized carbons (Fsp3) is 0.500. The smallest absolute Gasteiger partial charge is 0.0945 e. The average Bonchev–Trinajstić information content (AvgIpc) is 2.95. The Morgan fingerprint density at radius 1 is 1.41 bits per heavy atom. The van der Waals surface area contributed by atoms with E-state index in [1.54, 1.807) is 6.33 Å². The third-order valence-corrected chi connectivity index (χ3v) is 2.81. The highest BCUT2D eigenvalue weighted by atomic mass is 15.0. The molecule has 0 saturated carbocycles. The fourth-order valence-electron chi connectivity index (χ4n) is 1.74. The molecule has 0 aliphatic heterocycles. The number of nitrogens with one attached hydrogen (secondary N) is 2. The number of hydrogen-bond donors (Lipinski definition) is 2. The lowest BCUT2D eigenvalue weighted by atomic mass is 10.3. The molecular weight excluding hydrogens is 214 g/mol. The summed E-state index contributed by atoms with van der Waals surface area (Å²) in [6, 6.07) is 0. The van der Waals surface area contributed by atoms with E-state index in [-0.39, 0.29) is 0 Å². The van der Waals surface area contributed by atoms with Gasteiger partial charge in [-0.25, -0.2) is 9.97 Å². The molecule has 0 bridgehead atoms. The molecule has 0 atom stereocenters. The number of aromatic nitrogens is 4. The van der Waals surface area contributed by atoms with Crippen LogP contribution in [-0.4, -0.2) is 26.1 Å². The second kappa shape index (κ2) is 6.20. The Morgan fingerprint density at radius 2 is 2.35 bits per heavy atom. The van der Waals surface area contributed by atoms with E-state index in [0.717, 1.165) is 31.0 Å². The predicted molar refractivity (Wildman–Crippen MR) is 66.5 cm³/mol. The lowest BCUT2D eigenvalue weighted by Gasteiger charge is -2.04. The largest absolute Gasteiger partial charge is 0.348 e. The molecule has 5 nitrogen and oxygen atoms in total. The molecule has 2 heterocycles. The quantitative estimate of drug-likeness (QED) is 0.712.